The van der Waals surface area contributed by atoms with E-state index in [4.69, 9.17) is 16.5 Å². The van der Waals surface area contributed by atoms with E-state index in [1.54, 1.807) is 11.0 Å². The van der Waals surface area contributed by atoms with Crippen molar-refractivity contribution in [2.45, 2.75) is 32.8 Å². The van der Waals surface area contributed by atoms with E-state index in [0.717, 1.165) is 24.2 Å². The zero-order chi connectivity index (χ0) is 13.4. The van der Waals surface area contributed by atoms with Crippen LogP contribution in [0.3, 0.4) is 0 Å². The van der Waals surface area contributed by atoms with Crippen molar-refractivity contribution in [1.82, 2.24) is 4.78 Å². The fourth-order valence-electron chi connectivity index (χ4n) is 1.50. The van der Waals surface area contributed by atoms with E-state index >= 15 is 0 Å². The molecular weight excluding hydrogens is 263 g/mol. The van der Waals surface area contributed by atoms with E-state index in [1.807, 2.05) is 31.3 Å². The Morgan fingerprint density at radius 2 is 2.11 bits per heavy atom. The maximum Gasteiger partial charge on any atom is 0.119 e. The van der Waals surface area contributed by atoms with Crippen LogP contribution in [0, 0.1) is 0 Å². The van der Waals surface area contributed by atoms with E-state index in [0.29, 0.717) is 7.51 Å². The molecule has 5 heteroatoms. The minimum absolute atomic E-state index is 0.264. The maximum atomic E-state index is 5.78. The molecule has 0 saturated heterocycles. The van der Waals surface area contributed by atoms with Gasteiger partial charge < -0.3 is 4.74 Å². The van der Waals surface area contributed by atoms with Gasteiger partial charge >= 0.3 is 0 Å². The number of benzene rings is 1. The van der Waals surface area contributed by atoms with Crippen LogP contribution in [-0.4, -0.2) is 24.1 Å². The molecule has 1 rings (SSSR count). The molecule has 1 unspecified atom stereocenters. The fourth-order valence-corrected chi connectivity index (χ4v) is 1.72. The molecule has 18 heavy (non-hydrogen) atoms. The van der Waals surface area contributed by atoms with E-state index in [-0.39, 0.29) is 6.10 Å². The van der Waals surface area contributed by atoms with Gasteiger partial charge in [0.05, 0.1) is 12.3 Å². The van der Waals surface area contributed by atoms with Crippen molar-refractivity contribution in [3.8, 4) is 5.75 Å². The average Bonchev–Trinajstić information content (AvgIpc) is 2.37. The van der Waals surface area contributed by atoms with E-state index in [9.17, 15) is 0 Å². The third kappa shape index (κ3) is 5.56. The first-order chi connectivity index (χ1) is 8.65. The highest BCUT2D eigenvalue weighted by Gasteiger charge is 2.02. The van der Waals surface area contributed by atoms with Crippen LogP contribution in [0.5, 0.6) is 5.75 Å². The second-order valence-corrected chi connectivity index (χ2v) is 5.33. The second kappa shape index (κ2) is 8.17. The maximum absolute atomic E-state index is 5.78. The van der Waals surface area contributed by atoms with Crippen molar-refractivity contribution in [1.29, 1.82) is 0 Å². The molecule has 0 saturated carbocycles. The summed E-state index contributed by atoms with van der Waals surface area (Å²) >= 11 is 4.85. The highest BCUT2D eigenvalue weighted by molar-refractivity contribution is 7.95. The average molecular weight is 282 g/mol. The summed E-state index contributed by atoms with van der Waals surface area (Å²) in [4.78, 5) is 0. The molecule has 0 spiro atoms. The lowest BCUT2D eigenvalue weighted by molar-refractivity contribution is 0.210. The molecule has 0 radical (unpaired) electrons. The highest BCUT2D eigenvalue weighted by Crippen LogP contribution is 2.15. The summed E-state index contributed by atoms with van der Waals surface area (Å²) in [5, 5.41) is 4.18. The number of rotatable bonds is 7. The van der Waals surface area contributed by atoms with Gasteiger partial charge in [-0.2, -0.15) is 5.10 Å². The molecule has 1 aromatic carbocycles. The van der Waals surface area contributed by atoms with Gasteiger partial charge in [0.15, 0.2) is 0 Å². The zero-order valence-electron chi connectivity index (χ0n) is 11.0. The summed E-state index contributed by atoms with van der Waals surface area (Å²) in [6.07, 6.45) is 4.27. The van der Waals surface area contributed by atoms with E-state index in [1.165, 1.54) is 0 Å². The topological polar surface area (TPSA) is 24.8 Å². The molecule has 0 aliphatic rings. The molecule has 0 amide bonds. The minimum atomic E-state index is 0.264. The summed E-state index contributed by atoms with van der Waals surface area (Å²) in [6.45, 7) is 4.25. The van der Waals surface area contributed by atoms with Crippen LogP contribution < -0.4 is 4.74 Å². The van der Waals surface area contributed by atoms with Gasteiger partial charge in [0.25, 0.3) is 0 Å². The number of hydrogen-bond donors (Lipinski definition) is 0. The molecule has 98 valence electrons. The predicted octanol–water partition coefficient (Wildman–Crippen LogP) is 3.84. The first-order valence-corrected chi connectivity index (χ1v) is 7.89. The molecule has 0 heterocycles. The standard InChI is InChI=1S/C13H19N2OPS/c1-4-5-11(2)16-13-8-6-12(7-9-13)10-14-15(3)17-18/h6-11H,4-5H2,1-3H3. The largest absolute Gasteiger partial charge is 0.491 e. The summed E-state index contributed by atoms with van der Waals surface area (Å²) < 4.78 is 7.47. The van der Waals surface area contributed by atoms with Crippen LogP contribution in [-0.2, 0) is 11.8 Å². The van der Waals surface area contributed by atoms with Gasteiger partial charge in [-0.15, -0.1) is 0 Å². The lowest BCUT2D eigenvalue weighted by Gasteiger charge is -2.13. The van der Waals surface area contributed by atoms with Gasteiger partial charge in [0, 0.05) is 7.05 Å². The van der Waals surface area contributed by atoms with Gasteiger partial charge in [-0.3, -0.25) is 0 Å². The van der Waals surface area contributed by atoms with Gasteiger partial charge in [0.1, 0.15) is 13.3 Å². The van der Waals surface area contributed by atoms with Crippen LogP contribution >= 0.6 is 7.51 Å². The van der Waals surface area contributed by atoms with Gasteiger partial charge in [-0.25, -0.2) is 4.78 Å². The van der Waals surface area contributed by atoms with Crippen LogP contribution in [0.25, 0.3) is 0 Å². The third-order valence-corrected chi connectivity index (χ3v) is 3.45. The molecule has 1 atom stereocenters. The van der Waals surface area contributed by atoms with Crippen molar-refractivity contribution in [3.63, 3.8) is 0 Å². The Morgan fingerprint density at radius 1 is 1.44 bits per heavy atom. The smallest absolute Gasteiger partial charge is 0.119 e. The number of hydrogen-bond acceptors (Lipinski definition) is 3. The zero-order valence-corrected chi connectivity index (χ0v) is 12.7. The Balaban J connectivity index is 2.57. The lowest BCUT2D eigenvalue weighted by atomic mass is 10.2. The normalized spacial score (nSPS) is 12.8. The Kier molecular flexibility index (Phi) is 6.84. The van der Waals surface area contributed by atoms with Crippen molar-refractivity contribution in [2.24, 2.45) is 5.10 Å². The monoisotopic (exact) mass is 282 g/mol. The summed E-state index contributed by atoms with van der Waals surface area (Å²) in [5.41, 5.74) is 1.04. The Morgan fingerprint density at radius 3 is 2.67 bits per heavy atom. The molecule has 0 aliphatic heterocycles. The first kappa shape index (κ1) is 15.1. The molecule has 0 bridgehead atoms. The van der Waals surface area contributed by atoms with Crippen LogP contribution in [0.2, 0.25) is 0 Å². The quantitative estimate of drug-likeness (QED) is 0.431. The van der Waals surface area contributed by atoms with Crippen molar-refractivity contribution < 1.29 is 4.74 Å². The number of hydrazone groups is 1. The Hall–Kier alpha value is -0.990. The van der Waals surface area contributed by atoms with Crippen molar-refractivity contribution in [2.75, 3.05) is 7.05 Å². The summed E-state index contributed by atoms with van der Waals surface area (Å²) in [7, 11) is 2.56. The molecule has 1 aromatic rings. The van der Waals surface area contributed by atoms with Gasteiger partial charge in [0.2, 0.25) is 0 Å². The molecule has 3 nitrogen and oxygen atoms in total. The van der Waals surface area contributed by atoms with Crippen molar-refractivity contribution >= 4 is 25.5 Å². The number of nitrogens with zero attached hydrogens (tertiary/aromatic N) is 2. The molecular formula is C13H19N2OPS. The Bertz CT molecular complexity index is 394. The fraction of sp³-hybridized carbons (Fsp3) is 0.462. The minimum Gasteiger partial charge on any atom is -0.491 e. The molecule has 0 aromatic heterocycles. The number of ether oxygens (including phenoxy) is 1. The van der Waals surface area contributed by atoms with Gasteiger partial charge in [-0.1, -0.05) is 13.3 Å². The van der Waals surface area contributed by atoms with Crippen LogP contribution in [0.15, 0.2) is 29.4 Å². The van der Waals surface area contributed by atoms with Crippen LogP contribution in [0.4, 0.5) is 0 Å². The first-order valence-electron chi connectivity index (χ1n) is 6.03. The summed E-state index contributed by atoms with van der Waals surface area (Å²) in [6, 6.07) is 7.93. The highest BCUT2D eigenvalue weighted by atomic mass is 32.4. The third-order valence-electron chi connectivity index (χ3n) is 2.40. The SMILES string of the molecule is CCCC(C)Oc1ccc(C=NN(C)P=S)cc1. The van der Waals surface area contributed by atoms with E-state index in [2.05, 4.69) is 18.9 Å². The molecule has 0 fully saturated rings. The lowest BCUT2D eigenvalue weighted by Crippen LogP contribution is -2.10. The Labute approximate surface area is 116 Å². The predicted molar refractivity (Wildman–Crippen MR) is 81.1 cm³/mol. The summed E-state index contributed by atoms with van der Waals surface area (Å²) in [5.74, 6) is 0.905. The second-order valence-electron chi connectivity index (χ2n) is 4.10. The van der Waals surface area contributed by atoms with Crippen LogP contribution in [0.1, 0.15) is 32.3 Å². The van der Waals surface area contributed by atoms with E-state index < -0.39 is 0 Å². The van der Waals surface area contributed by atoms with Crippen molar-refractivity contribution in [3.05, 3.63) is 29.8 Å². The van der Waals surface area contributed by atoms with Gasteiger partial charge in [-0.05, 0) is 55.0 Å². The molecule has 0 aliphatic carbocycles. The molecule has 0 N–H and O–H groups in total.